The summed E-state index contributed by atoms with van der Waals surface area (Å²) in [5.74, 6) is 0. The van der Waals surface area contributed by atoms with Crippen molar-refractivity contribution in [3.8, 4) is 0 Å². The summed E-state index contributed by atoms with van der Waals surface area (Å²) in [6.07, 6.45) is 7.11. The highest BCUT2D eigenvalue weighted by Crippen LogP contribution is 2.20. The van der Waals surface area contributed by atoms with Gasteiger partial charge in [0.2, 0.25) is 0 Å². The summed E-state index contributed by atoms with van der Waals surface area (Å²) in [5, 5.41) is 3.52. The van der Waals surface area contributed by atoms with Crippen LogP contribution >= 0.6 is 11.5 Å². The molecule has 0 unspecified atom stereocenters. The van der Waals surface area contributed by atoms with Crippen LogP contribution in [0.25, 0.3) is 0 Å². The third kappa shape index (κ3) is 2.19. The number of nitrogens with zero attached hydrogens (tertiary/aromatic N) is 1. The van der Waals surface area contributed by atoms with Gasteiger partial charge in [0.05, 0.1) is 16.8 Å². The summed E-state index contributed by atoms with van der Waals surface area (Å²) < 4.78 is 4.04. The topological polar surface area (TPSA) is 50.9 Å². The second-order valence-electron chi connectivity index (χ2n) is 3.57. The minimum absolute atomic E-state index is 0.710. The molecule has 0 aliphatic heterocycles. The number of aromatic nitrogens is 1. The lowest BCUT2D eigenvalue weighted by molar-refractivity contribution is 0.527. The number of rotatable bonds is 3. The number of nitrogens with two attached hydrogens (primary N) is 1. The Labute approximate surface area is 82.5 Å². The van der Waals surface area contributed by atoms with Crippen LogP contribution in [0.4, 0.5) is 5.69 Å². The highest BCUT2D eigenvalue weighted by atomic mass is 32.1. The molecule has 1 aromatic heterocycles. The van der Waals surface area contributed by atoms with Gasteiger partial charge in [-0.25, -0.2) is 0 Å². The molecule has 4 heteroatoms. The first kappa shape index (κ1) is 8.97. The molecule has 1 heterocycles. The van der Waals surface area contributed by atoms with Gasteiger partial charge in [-0.05, 0) is 24.4 Å². The molecule has 2 rings (SSSR count). The van der Waals surface area contributed by atoms with Crippen molar-refractivity contribution in [2.45, 2.75) is 38.3 Å². The zero-order valence-electron chi connectivity index (χ0n) is 7.62. The van der Waals surface area contributed by atoms with Gasteiger partial charge in [0.1, 0.15) is 0 Å². The fraction of sp³-hybridized carbons (Fsp3) is 0.667. The Kier molecular flexibility index (Phi) is 2.80. The van der Waals surface area contributed by atoms with Crippen molar-refractivity contribution in [3.63, 3.8) is 0 Å². The molecule has 1 aromatic rings. The molecule has 1 fully saturated rings. The van der Waals surface area contributed by atoms with Gasteiger partial charge in [0.15, 0.2) is 0 Å². The molecule has 13 heavy (non-hydrogen) atoms. The molecule has 3 N–H and O–H groups in total. The second-order valence-corrected chi connectivity index (χ2v) is 4.45. The van der Waals surface area contributed by atoms with Crippen LogP contribution in [0.3, 0.4) is 0 Å². The Balaban J connectivity index is 1.82. The standard InChI is InChI=1S/C9H15N3S/c10-8-5-12-13-9(8)6-11-7-3-1-2-4-7/h5,7,11H,1-4,6,10H2. The number of hydrogen-bond donors (Lipinski definition) is 2. The van der Waals surface area contributed by atoms with E-state index in [-0.39, 0.29) is 0 Å². The molecule has 1 aliphatic carbocycles. The minimum atomic E-state index is 0.710. The molecular weight excluding hydrogens is 182 g/mol. The van der Waals surface area contributed by atoms with Crippen LogP contribution in [0, 0.1) is 0 Å². The van der Waals surface area contributed by atoms with Gasteiger partial charge in [-0.3, -0.25) is 0 Å². The number of anilines is 1. The molecule has 3 nitrogen and oxygen atoms in total. The Bertz CT molecular complexity index is 266. The normalized spacial score (nSPS) is 18.2. The van der Waals surface area contributed by atoms with Crippen molar-refractivity contribution in [3.05, 3.63) is 11.1 Å². The van der Waals surface area contributed by atoms with Crippen LogP contribution in [0.5, 0.6) is 0 Å². The van der Waals surface area contributed by atoms with E-state index in [2.05, 4.69) is 9.69 Å². The Morgan fingerprint density at radius 1 is 1.54 bits per heavy atom. The van der Waals surface area contributed by atoms with Crippen molar-refractivity contribution in [2.24, 2.45) is 0 Å². The average molecular weight is 197 g/mol. The molecule has 0 atom stereocenters. The van der Waals surface area contributed by atoms with Crippen molar-refractivity contribution >= 4 is 17.2 Å². The van der Waals surface area contributed by atoms with Crippen LogP contribution in [0.1, 0.15) is 30.6 Å². The highest BCUT2D eigenvalue weighted by Gasteiger charge is 2.14. The minimum Gasteiger partial charge on any atom is -0.396 e. The molecule has 72 valence electrons. The van der Waals surface area contributed by atoms with Crippen molar-refractivity contribution < 1.29 is 0 Å². The first-order valence-electron chi connectivity index (χ1n) is 4.78. The van der Waals surface area contributed by atoms with Gasteiger partial charge in [0, 0.05) is 12.6 Å². The maximum atomic E-state index is 5.73. The molecule has 1 aliphatic rings. The summed E-state index contributed by atoms with van der Waals surface area (Å²) in [6, 6.07) is 0.710. The second kappa shape index (κ2) is 4.07. The maximum Gasteiger partial charge on any atom is 0.0672 e. The number of hydrogen-bond acceptors (Lipinski definition) is 4. The first-order valence-corrected chi connectivity index (χ1v) is 5.56. The smallest absolute Gasteiger partial charge is 0.0672 e. The van der Waals surface area contributed by atoms with E-state index in [4.69, 9.17) is 5.73 Å². The quantitative estimate of drug-likeness (QED) is 0.776. The predicted molar refractivity (Wildman–Crippen MR) is 55.6 cm³/mol. The lowest BCUT2D eigenvalue weighted by Crippen LogP contribution is -2.25. The highest BCUT2D eigenvalue weighted by molar-refractivity contribution is 7.06. The third-order valence-electron chi connectivity index (χ3n) is 2.58. The van der Waals surface area contributed by atoms with Crippen molar-refractivity contribution in [2.75, 3.05) is 5.73 Å². The summed E-state index contributed by atoms with van der Waals surface area (Å²) in [5.41, 5.74) is 6.56. The molecule has 1 saturated carbocycles. The van der Waals surface area contributed by atoms with Crippen LogP contribution in [-0.2, 0) is 6.54 Å². The lowest BCUT2D eigenvalue weighted by Gasteiger charge is -2.10. The van der Waals surface area contributed by atoms with Gasteiger partial charge in [-0.15, -0.1) is 0 Å². The van der Waals surface area contributed by atoms with E-state index < -0.39 is 0 Å². The zero-order chi connectivity index (χ0) is 9.10. The third-order valence-corrected chi connectivity index (χ3v) is 3.39. The van der Waals surface area contributed by atoms with E-state index in [1.54, 1.807) is 6.20 Å². The van der Waals surface area contributed by atoms with Crippen LogP contribution in [0.2, 0.25) is 0 Å². The van der Waals surface area contributed by atoms with Crippen LogP contribution < -0.4 is 11.1 Å². The van der Waals surface area contributed by atoms with E-state index in [0.29, 0.717) is 6.04 Å². The molecule has 0 radical (unpaired) electrons. The van der Waals surface area contributed by atoms with Gasteiger partial charge in [-0.2, -0.15) is 4.37 Å². The maximum absolute atomic E-state index is 5.73. The summed E-state index contributed by atoms with van der Waals surface area (Å²) in [7, 11) is 0. The lowest BCUT2D eigenvalue weighted by atomic mass is 10.2. The fourth-order valence-electron chi connectivity index (χ4n) is 1.77. The number of nitrogens with one attached hydrogen (secondary N) is 1. The predicted octanol–water partition coefficient (Wildman–Crippen LogP) is 1.76. The molecule has 0 aromatic carbocycles. The van der Waals surface area contributed by atoms with E-state index in [1.807, 2.05) is 0 Å². The summed E-state index contributed by atoms with van der Waals surface area (Å²) >= 11 is 1.50. The Morgan fingerprint density at radius 2 is 2.31 bits per heavy atom. The Hall–Kier alpha value is -0.610. The van der Waals surface area contributed by atoms with Gasteiger partial charge in [-0.1, -0.05) is 12.8 Å². The van der Waals surface area contributed by atoms with Crippen LogP contribution in [-0.4, -0.2) is 10.4 Å². The monoisotopic (exact) mass is 197 g/mol. The SMILES string of the molecule is Nc1cnsc1CNC1CCCC1. The van der Waals surface area contributed by atoms with Crippen LogP contribution in [0.15, 0.2) is 6.20 Å². The largest absolute Gasteiger partial charge is 0.396 e. The van der Waals surface area contributed by atoms with E-state index in [9.17, 15) is 0 Å². The van der Waals surface area contributed by atoms with Crippen molar-refractivity contribution in [1.82, 2.24) is 9.69 Å². The summed E-state index contributed by atoms with van der Waals surface area (Å²) in [4.78, 5) is 1.17. The average Bonchev–Trinajstić information content (AvgIpc) is 2.72. The van der Waals surface area contributed by atoms with E-state index >= 15 is 0 Å². The fourth-order valence-corrected chi connectivity index (χ4v) is 2.37. The van der Waals surface area contributed by atoms with Gasteiger partial charge < -0.3 is 11.1 Å². The van der Waals surface area contributed by atoms with E-state index in [0.717, 1.165) is 12.2 Å². The Morgan fingerprint density at radius 3 is 2.92 bits per heavy atom. The van der Waals surface area contributed by atoms with Gasteiger partial charge in [0.25, 0.3) is 0 Å². The molecule has 0 saturated heterocycles. The summed E-state index contributed by atoms with van der Waals surface area (Å²) in [6.45, 7) is 0.890. The molecule has 0 amide bonds. The molecule has 0 spiro atoms. The molecule has 0 bridgehead atoms. The van der Waals surface area contributed by atoms with Gasteiger partial charge >= 0.3 is 0 Å². The molecular formula is C9H15N3S. The first-order chi connectivity index (χ1) is 6.36. The zero-order valence-corrected chi connectivity index (χ0v) is 8.44. The van der Waals surface area contributed by atoms with E-state index in [1.165, 1.54) is 42.1 Å². The number of nitrogen functional groups attached to an aromatic ring is 1. The van der Waals surface area contributed by atoms with Crippen molar-refractivity contribution in [1.29, 1.82) is 0 Å².